The Morgan fingerprint density at radius 2 is 1.95 bits per heavy atom. The van der Waals surface area contributed by atoms with Crippen LogP contribution in [0.3, 0.4) is 0 Å². The van der Waals surface area contributed by atoms with Gasteiger partial charge < -0.3 is 13.7 Å². The normalized spacial score (nSPS) is 12.5. The van der Waals surface area contributed by atoms with Crippen LogP contribution in [0.2, 0.25) is 10.0 Å². The van der Waals surface area contributed by atoms with Crippen molar-refractivity contribution in [1.82, 2.24) is 10.2 Å². The molecule has 2 heterocycles. The Balaban J connectivity index is 1.64. The lowest BCUT2D eigenvalue weighted by molar-refractivity contribution is -0.909. The molecule has 1 aromatic carbocycles. The highest BCUT2D eigenvalue weighted by atomic mass is 35.5. The molecule has 0 saturated carbocycles. The first-order valence-electron chi connectivity index (χ1n) is 6.73. The van der Waals surface area contributed by atoms with Crippen LogP contribution in [-0.2, 0) is 13.1 Å². The fourth-order valence-electron chi connectivity index (χ4n) is 2.14. The van der Waals surface area contributed by atoms with Crippen LogP contribution in [0.1, 0.15) is 11.5 Å². The van der Waals surface area contributed by atoms with Crippen molar-refractivity contribution in [2.24, 2.45) is 0 Å². The van der Waals surface area contributed by atoms with E-state index >= 15 is 0 Å². The lowest BCUT2D eigenvalue weighted by Gasteiger charge is -2.12. The van der Waals surface area contributed by atoms with Crippen LogP contribution < -0.4 is 4.90 Å². The molecule has 0 aliphatic rings. The second kappa shape index (κ2) is 6.52. The maximum Gasteiger partial charge on any atom is 0.283 e. The van der Waals surface area contributed by atoms with Gasteiger partial charge in [-0.15, -0.1) is 10.2 Å². The van der Waals surface area contributed by atoms with Gasteiger partial charge in [0.1, 0.15) is 6.54 Å². The summed E-state index contributed by atoms with van der Waals surface area (Å²) in [4.78, 5) is 1.19. The van der Waals surface area contributed by atoms with E-state index in [1.165, 1.54) is 4.90 Å². The van der Waals surface area contributed by atoms with E-state index in [4.69, 9.17) is 32.0 Å². The summed E-state index contributed by atoms with van der Waals surface area (Å²) in [5.74, 6) is 1.52. The first-order valence-corrected chi connectivity index (χ1v) is 7.49. The highest BCUT2D eigenvalue weighted by molar-refractivity contribution is 6.42. The van der Waals surface area contributed by atoms with E-state index in [1.54, 1.807) is 24.5 Å². The SMILES string of the molecule is C[NH+](Cc1ccc(Cl)c(Cl)c1)Cc1nnc(-c2ccco2)o1. The van der Waals surface area contributed by atoms with Crippen LogP contribution in [-0.4, -0.2) is 17.2 Å². The largest absolute Gasteiger partial charge is 0.459 e. The lowest BCUT2D eigenvalue weighted by Crippen LogP contribution is -3.06. The number of nitrogens with one attached hydrogen (secondary N) is 1. The molecule has 0 saturated heterocycles. The van der Waals surface area contributed by atoms with Crippen molar-refractivity contribution >= 4 is 23.2 Å². The maximum atomic E-state index is 6.03. The molecule has 1 atom stereocenters. The average molecular weight is 339 g/mol. The van der Waals surface area contributed by atoms with Gasteiger partial charge in [-0.1, -0.05) is 29.3 Å². The third kappa shape index (κ3) is 3.50. The second-order valence-electron chi connectivity index (χ2n) is 5.04. The number of hydrogen-bond donors (Lipinski definition) is 1. The van der Waals surface area contributed by atoms with E-state index in [9.17, 15) is 0 Å². The summed E-state index contributed by atoms with van der Waals surface area (Å²) < 4.78 is 10.8. The Bertz CT molecular complexity index is 756. The van der Waals surface area contributed by atoms with Gasteiger partial charge in [-0.2, -0.15) is 0 Å². The molecule has 3 rings (SSSR count). The van der Waals surface area contributed by atoms with Gasteiger partial charge in [0.15, 0.2) is 12.3 Å². The van der Waals surface area contributed by atoms with E-state index in [1.807, 2.05) is 19.2 Å². The molecule has 5 nitrogen and oxygen atoms in total. The minimum atomic E-state index is 0.391. The molecule has 0 aliphatic heterocycles. The summed E-state index contributed by atoms with van der Waals surface area (Å²) in [7, 11) is 2.04. The number of benzene rings is 1. The molecule has 1 unspecified atom stereocenters. The molecule has 0 amide bonds. The predicted molar refractivity (Wildman–Crippen MR) is 82.8 cm³/mol. The minimum Gasteiger partial charge on any atom is -0.459 e. The van der Waals surface area contributed by atoms with Crippen LogP contribution >= 0.6 is 23.2 Å². The molecule has 22 heavy (non-hydrogen) atoms. The van der Waals surface area contributed by atoms with Gasteiger partial charge in [0.05, 0.1) is 23.4 Å². The second-order valence-corrected chi connectivity index (χ2v) is 5.85. The summed E-state index contributed by atoms with van der Waals surface area (Å²) in [6.07, 6.45) is 1.57. The van der Waals surface area contributed by atoms with Crippen molar-refractivity contribution in [1.29, 1.82) is 0 Å². The van der Waals surface area contributed by atoms with Gasteiger partial charge in [-0.05, 0) is 24.3 Å². The molecule has 3 aromatic rings. The summed E-state index contributed by atoms with van der Waals surface area (Å²) >= 11 is 11.9. The zero-order valence-corrected chi connectivity index (χ0v) is 13.4. The first kappa shape index (κ1) is 15.1. The van der Waals surface area contributed by atoms with Crippen molar-refractivity contribution < 1.29 is 13.7 Å². The number of rotatable bonds is 5. The van der Waals surface area contributed by atoms with Crippen molar-refractivity contribution in [3.8, 4) is 11.7 Å². The van der Waals surface area contributed by atoms with E-state index in [0.717, 1.165) is 12.1 Å². The zero-order valence-electron chi connectivity index (χ0n) is 11.8. The molecule has 0 bridgehead atoms. The Labute approximate surface area is 137 Å². The van der Waals surface area contributed by atoms with Crippen LogP contribution in [0.4, 0.5) is 0 Å². The zero-order chi connectivity index (χ0) is 15.5. The van der Waals surface area contributed by atoms with Gasteiger partial charge >= 0.3 is 0 Å². The number of hydrogen-bond acceptors (Lipinski definition) is 4. The third-order valence-electron chi connectivity index (χ3n) is 3.14. The van der Waals surface area contributed by atoms with Crippen molar-refractivity contribution in [3.63, 3.8) is 0 Å². The summed E-state index contributed by atoms with van der Waals surface area (Å²) in [5.41, 5.74) is 1.10. The average Bonchev–Trinajstić information content (AvgIpc) is 3.13. The molecule has 0 spiro atoms. The van der Waals surface area contributed by atoms with Crippen LogP contribution in [0.25, 0.3) is 11.7 Å². The smallest absolute Gasteiger partial charge is 0.283 e. The number of halogens is 2. The summed E-state index contributed by atoms with van der Waals surface area (Å²) in [6, 6.07) is 9.19. The maximum absolute atomic E-state index is 6.03. The summed E-state index contributed by atoms with van der Waals surface area (Å²) in [6.45, 7) is 1.38. The standard InChI is InChI=1S/C15H13Cl2N3O2/c1-20(8-10-4-5-11(16)12(17)7-10)9-14-18-19-15(22-14)13-3-2-6-21-13/h2-7H,8-9H2,1H3/p+1. The van der Waals surface area contributed by atoms with E-state index in [2.05, 4.69) is 10.2 Å². The first-order chi connectivity index (χ1) is 10.6. The monoisotopic (exact) mass is 338 g/mol. The van der Waals surface area contributed by atoms with Crippen molar-refractivity contribution in [3.05, 3.63) is 58.1 Å². The third-order valence-corrected chi connectivity index (χ3v) is 3.88. The quantitative estimate of drug-likeness (QED) is 0.777. The molecule has 0 aliphatic carbocycles. The number of aromatic nitrogens is 2. The highest BCUT2D eigenvalue weighted by Crippen LogP contribution is 2.22. The lowest BCUT2D eigenvalue weighted by atomic mass is 10.2. The Hall–Kier alpha value is -1.82. The molecule has 1 N–H and O–H groups in total. The molecule has 0 fully saturated rings. The molecule has 7 heteroatoms. The fourth-order valence-corrected chi connectivity index (χ4v) is 2.46. The Morgan fingerprint density at radius 1 is 1.09 bits per heavy atom. The Kier molecular flexibility index (Phi) is 4.47. The van der Waals surface area contributed by atoms with Gasteiger partial charge in [0, 0.05) is 5.56 Å². The number of nitrogens with zero attached hydrogens (tertiary/aromatic N) is 2. The number of furan rings is 1. The van der Waals surface area contributed by atoms with E-state index in [-0.39, 0.29) is 0 Å². The van der Waals surface area contributed by atoms with Gasteiger partial charge in [-0.3, -0.25) is 0 Å². The predicted octanol–water partition coefficient (Wildman–Crippen LogP) is 2.85. The molecule has 2 aromatic heterocycles. The molecule has 114 valence electrons. The van der Waals surface area contributed by atoms with Gasteiger partial charge in [0.25, 0.3) is 11.8 Å². The van der Waals surface area contributed by atoms with Crippen molar-refractivity contribution in [2.45, 2.75) is 13.1 Å². The molecular formula is C15H14Cl2N3O2+. The van der Waals surface area contributed by atoms with Crippen molar-refractivity contribution in [2.75, 3.05) is 7.05 Å². The van der Waals surface area contributed by atoms with Crippen LogP contribution in [0.5, 0.6) is 0 Å². The minimum absolute atomic E-state index is 0.391. The van der Waals surface area contributed by atoms with Crippen LogP contribution in [0.15, 0.2) is 45.4 Å². The van der Waals surface area contributed by atoms with Gasteiger partial charge in [0.2, 0.25) is 0 Å². The molecule has 0 radical (unpaired) electrons. The van der Waals surface area contributed by atoms with Gasteiger partial charge in [-0.25, -0.2) is 0 Å². The van der Waals surface area contributed by atoms with E-state index < -0.39 is 0 Å². The summed E-state index contributed by atoms with van der Waals surface area (Å²) in [5, 5.41) is 9.14. The topological polar surface area (TPSA) is 56.5 Å². The fraction of sp³-hybridized carbons (Fsp3) is 0.200. The molecular weight excluding hydrogens is 325 g/mol. The number of quaternary nitrogens is 1. The highest BCUT2D eigenvalue weighted by Gasteiger charge is 2.15. The Morgan fingerprint density at radius 3 is 2.68 bits per heavy atom. The van der Waals surface area contributed by atoms with E-state index in [0.29, 0.717) is 34.1 Å². The van der Waals surface area contributed by atoms with Crippen LogP contribution in [0, 0.1) is 0 Å².